The minimum atomic E-state index is -0.545. The summed E-state index contributed by atoms with van der Waals surface area (Å²) >= 11 is 0. The Balaban J connectivity index is 1.47. The Kier molecular flexibility index (Phi) is 5.48. The number of nitrogens with zero attached hydrogens (tertiary/aromatic N) is 2. The van der Waals surface area contributed by atoms with Crippen LogP contribution in [0.15, 0.2) is 65.5 Å². The number of esters is 1. The van der Waals surface area contributed by atoms with Crippen LogP contribution in [0.3, 0.4) is 0 Å². The molecule has 26 heavy (non-hydrogen) atoms. The molecule has 7 heteroatoms. The van der Waals surface area contributed by atoms with Gasteiger partial charge in [0, 0.05) is 12.4 Å². The zero-order valence-electron chi connectivity index (χ0n) is 14.3. The average Bonchev–Trinajstić information content (AvgIpc) is 3.34. The molecule has 0 spiro atoms. The zero-order valence-corrected chi connectivity index (χ0v) is 14.3. The second-order valence-electron chi connectivity index (χ2n) is 5.78. The van der Waals surface area contributed by atoms with Crippen molar-refractivity contribution >= 4 is 11.9 Å². The summed E-state index contributed by atoms with van der Waals surface area (Å²) in [6, 6.07) is 12.1. The second kappa shape index (κ2) is 8.15. The number of hydrogen-bond acceptors (Lipinski definition) is 5. The van der Waals surface area contributed by atoms with Gasteiger partial charge in [-0.15, -0.1) is 0 Å². The normalized spacial score (nSPS) is 11.7. The van der Waals surface area contributed by atoms with Gasteiger partial charge in [0.2, 0.25) is 0 Å². The highest BCUT2D eigenvalue weighted by Gasteiger charge is 2.14. The van der Waals surface area contributed by atoms with Gasteiger partial charge in [-0.1, -0.05) is 12.1 Å². The minimum Gasteiger partial charge on any atom is -0.467 e. The van der Waals surface area contributed by atoms with Crippen molar-refractivity contribution in [3.8, 4) is 0 Å². The fourth-order valence-electron chi connectivity index (χ4n) is 2.43. The van der Waals surface area contributed by atoms with Gasteiger partial charge >= 0.3 is 5.97 Å². The molecule has 2 heterocycles. The lowest BCUT2D eigenvalue weighted by Gasteiger charge is -2.11. The number of benzene rings is 1. The van der Waals surface area contributed by atoms with Crippen LogP contribution >= 0.6 is 0 Å². The van der Waals surface area contributed by atoms with Gasteiger partial charge in [0.15, 0.2) is 6.61 Å². The Morgan fingerprint density at radius 3 is 2.69 bits per heavy atom. The number of carbonyl (C=O) groups excluding carboxylic acids is 2. The first kappa shape index (κ1) is 17.5. The number of hydrogen-bond donors (Lipinski definition) is 1. The summed E-state index contributed by atoms with van der Waals surface area (Å²) in [4.78, 5) is 23.9. The van der Waals surface area contributed by atoms with Crippen molar-refractivity contribution in [2.75, 3.05) is 6.61 Å². The van der Waals surface area contributed by atoms with Gasteiger partial charge in [0.05, 0.1) is 24.4 Å². The maximum absolute atomic E-state index is 12.1. The molecule has 0 fully saturated rings. The number of furan rings is 1. The Labute approximate surface area is 150 Å². The number of aromatic nitrogens is 2. The molecule has 134 valence electrons. The van der Waals surface area contributed by atoms with Crippen LogP contribution in [0, 0.1) is 0 Å². The van der Waals surface area contributed by atoms with Crippen LogP contribution in [-0.4, -0.2) is 28.3 Å². The summed E-state index contributed by atoms with van der Waals surface area (Å²) < 4.78 is 12.1. The van der Waals surface area contributed by atoms with E-state index in [1.807, 2.05) is 24.4 Å². The number of amides is 1. The van der Waals surface area contributed by atoms with Crippen molar-refractivity contribution in [3.63, 3.8) is 0 Å². The van der Waals surface area contributed by atoms with Crippen LogP contribution in [0.2, 0.25) is 0 Å². The smallest absolute Gasteiger partial charge is 0.338 e. The first-order valence-electron chi connectivity index (χ1n) is 8.18. The standard InChI is InChI=1S/C19H19N3O4/c1-14(17-4-2-11-25-17)21-18(23)13-26-19(24)16-7-5-15(6-8-16)12-22-10-3-9-20-22/h2-11,14H,12-13H2,1H3,(H,21,23). The first-order chi connectivity index (χ1) is 12.6. The quantitative estimate of drug-likeness (QED) is 0.660. The van der Waals surface area contributed by atoms with Gasteiger partial charge in [-0.25, -0.2) is 4.79 Å². The highest BCUT2D eigenvalue weighted by molar-refractivity contribution is 5.91. The highest BCUT2D eigenvalue weighted by atomic mass is 16.5. The molecule has 0 aliphatic heterocycles. The number of rotatable bonds is 7. The molecule has 0 saturated heterocycles. The molecular weight excluding hydrogens is 334 g/mol. The summed E-state index contributed by atoms with van der Waals surface area (Å²) in [5.41, 5.74) is 1.40. The average molecular weight is 353 g/mol. The van der Waals surface area contributed by atoms with Gasteiger partial charge in [0.25, 0.3) is 5.91 Å². The van der Waals surface area contributed by atoms with Crippen molar-refractivity contribution in [2.24, 2.45) is 0 Å². The maximum atomic E-state index is 12.1. The van der Waals surface area contributed by atoms with E-state index in [4.69, 9.17) is 9.15 Å². The van der Waals surface area contributed by atoms with E-state index in [1.54, 1.807) is 42.1 Å². The molecule has 1 unspecified atom stereocenters. The summed E-state index contributed by atoms with van der Waals surface area (Å²) in [5, 5.41) is 6.84. The number of carbonyl (C=O) groups is 2. The van der Waals surface area contributed by atoms with Gasteiger partial charge < -0.3 is 14.5 Å². The van der Waals surface area contributed by atoms with E-state index >= 15 is 0 Å². The van der Waals surface area contributed by atoms with Crippen molar-refractivity contribution in [1.29, 1.82) is 0 Å². The van der Waals surface area contributed by atoms with Crippen molar-refractivity contribution in [2.45, 2.75) is 19.5 Å². The van der Waals surface area contributed by atoms with Crippen LogP contribution in [0.4, 0.5) is 0 Å². The zero-order chi connectivity index (χ0) is 18.4. The van der Waals surface area contributed by atoms with Crippen LogP contribution in [0.5, 0.6) is 0 Å². The monoisotopic (exact) mass is 353 g/mol. The Morgan fingerprint density at radius 1 is 1.23 bits per heavy atom. The van der Waals surface area contributed by atoms with Crippen LogP contribution in [0.25, 0.3) is 0 Å². The predicted octanol–water partition coefficient (Wildman–Crippen LogP) is 2.56. The van der Waals surface area contributed by atoms with Crippen molar-refractivity contribution in [3.05, 3.63) is 78.0 Å². The molecule has 3 aromatic rings. The van der Waals surface area contributed by atoms with E-state index < -0.39 is 11.9 Å². The maximum Gasteiger partial charge on any atom is 0.338 e. The highest BCUT2D eigenvalue weighted by Crippen LogP contribution is 2.12. The number of ether oxygens (including phenoxy) is 1. The molecule has 3 rings (SSSR count). The Morgan fingerprint density at radius 2 is 2.04 bits per heavy atom. The topological polar surface area (TPSA) is 86.4 Å². The van der Waals surface area contributed by atoms with Gasteiger partial charge in [-0.05, 0) is 42.8 Å². The third kappa shape index (κ3) is 4.60. The lowest BCUT2D eigenvalue weighted by atomic mass is 10.1. The lowest BCUT2D eigenvalue weighted by molar-refractivity contribution is -0.125. The molecule has 7 nitrogen and oxygen atoms in total. The second-order valence-corrected chi connectivity index (χ2v) is 5.78. The van der Waals surface area contributed by atoms with E-state index in [0.717, 1.165) is 5.56 Å². The van der Waals surface area contributed by atoms with Crippen LogP contribution in [-0.2, 0) is 16.1 Å². The SMILES string of the molecule is CC(NC(=O)COC(=O)c1ccc(Cn2cccn2)cc1)c1ccco1. The molecule has 1 aromatic carbocycles. The lowest BCUT2D eigenvalue weighted by Crippen LogP contribution is -2.30. The molecular formula is C19H19N3O4. The van der Waals surface area contributed by atoms with E-state index in [-0.39, 0.29) is 12.6 Å². The van der Waals surface area contributed by atoms with Crippen LogP contribution < -0.4 is 5.32 Å². The third-order valence-corrected chi connectivity index (χ3v) is 3.78. The van der Waals surface area contributed by atoms with Crippen molar-refractivity contribution < 1.29 is 18.7 Å². The van der Waals surface area contributed by atoms with Gasteiger partial charge in [-0.3, -0.25) is 9.48 Å². The van der Waals surface area contributed by atoms with Gasteiger partial charge in [0.1, 0.15) is 5.76 Å². The van der Waals surface area contributed by atoms with E-state index in [2.05, 4.69) is 10.4 Å². The predicted molar refractivity (Wildman–Crippen MR) is 93.3 cm³/mol. The summed E-state index contributed by atoms with van der Waals surface area (Å²) in [6.45, 7) is 2.06. The van der Waals surface area contributed by atoms with Crippen molar-refractivity contribution in [1.82, 2.24) is 15.1 Å². The van der Waals surface area contributed by atoms with Crippen LogP contribution in [0.1, 0.15) is 34.6 Å². The van der Waals surface area contributed by atoms with E-state index in [1.165, 1.54) is 6.26 Å². The molecule has 0 aliphatic carbocycles. The Hall–Kier alpha value is -3.35. The fourth-order valence-corrected chi connectivity index (χ4v) is 2.43. The molecule has 0 bridgehead atoms. The van der Waals surface area contributed by atoms with E-state index in [0.29, 0.717) is 17.9 Å². The fraction of sp³-hybridized carbons (Fsp3) is 0.211. The third-order valence-electron chi connectivity index (χ3n) is 3.78. The molecule has 1 atom stereocenters. The molecule has 1 amide bonds. The first-order valence-corrected chi connectivity index (χ1v) is 8.18. The molecule has 0 radical (unpaired) electrons. The molecule has 0 saturated carbocycles. The molecule has 0 aliphatic rings. The largest absolute Gasteiger partial charge is 0.467 e. The molecule has 2 aromatic heterocycles. The summed E-state index contributed by atoms with van der Waals surface area (Å²) in [6.07, 6.45) is 5.11. The summed E-state index contributed by atoms with van der Waals surface area (Å²) in [5.74, 6) is -0.300. The Bertz CT molecular complexity index is 840. The van der Waals surface area contributed by atoms with E-state index in [9.17, 15) is 9.59 Å². The minimum absolute atomic E-state index is 0.294. The number of nitrogens with one attached hydrogen (secondary N) is 1. The van der Waals surface area contributed by atoms with Gasteiger partial charge in [-0.2, -0.15) is 5.10 Å². The molecule has 1 N–H and O–H groups in total. The summed E-state index contributed by atoms with van der Waals surface area (Å²) in [7, 11) is 0.